The predicted molar refractivity (Wildman–Crippen MR) is 73.1 cm³/mol. The first kappa shape index (κ1) is 13.4. The summed E-state index contributed by atoms with van der Waals surface area (Å²) in [5, 5.41) is 6.95. The van der Waals surface area contributed by atoms with E-state index in [9.17, 15) is 0 Å². The van der Waals surface area contributed by atoms with Gasteiger partial charge in [-0.15, -0.1) is 0 Å². The minimum Gasteiger partial charge on any atom is -0.494 e. The SMILES string of the molecule is COc1cc(Cl)c(OC)c(-c2cn[nH]c2N)c1OC. The average molecular weight is 284 g/mol. The number of anilines is 1. The van der Waals surface area contributed by atoms with Gasteiger partial charge in [-0.3, -0.25) is 5.10 Å². The van der Waals surface area contributed by atoms with Crippen molar-refractivity contribution in [1.82, 2.24) is 10.2 Å². The maximum absolute atomic E-state index is 6.18. The first-order chi connectivity index (χ1) is 9.13. The highest BCUT2D eigenvalue weighted by Crippen LogP contribution is 2.49. The van der Waals surface area contributed by atoms with Crippen molar-refractivity contribution in [3.8, 4) is 28.4 Å². The normalized spacial score (nSPS) is 10.3. The number of nitrogens with two attached hydrogens (primary N) is 1. The number of ether oxygens (including phenoxy) is 3. The molecule has 2 aromatic rings. The summed E-state index contributed by atoms with van der Waals surface area (Å²) in [5.74, 6) is 1.81. The third-order valence-electron chi connectivity index (χ3n) is 2.72. The highest BCUT2D eigenvalue weighted by Gasteiger charge is 2.23. The molecule has 1 heterocycles. The third-order valence-corrected chi connectivity index (χ3v) is 3.00. The summed E-state index contributed by atoms with van der Waals surface area (Å²) in [4.78, 5) is 0. The van der Waals surface area contributed by atoms with Crippen molar-refractivity contribution in [1.29, 1.82) is 0 Å². The fraction of sp³-hybridized carbons (Fsp3) is 0.250. The van der Waals surface area contributed by atoms with E-state index in [0.29, 0.717) is 39.2 Å². The zero-order valence-corrected chi connectivity index (χ0v) is 11.5. The molecule has 0 amide bonds. The highest BCUT2D eigenvalue weighted by atomic mass is 35.5. The van der Waals surface area contributed by atoms with E-state index < -0.39 is 0 Å². The quantitative estimate of drug-likeness (QED) is 0.900. The minimum atomic E-state index is 0.390. The van der Waals surface area contributed by atoms with E-state index in [1.807, 2.05) is 0 Å². The number of methoxy groups -OCH3 is 3. The lowest BCUT2D eigenvalue weighted by Gasteiger charge is -2.17. The molecule has 0 fully saturated rings. The number of hydrogen-bond donors (Lipinski definition) is 2. The summed E-state index contributed by atoms with van der Waals surface area (Å²) in [6, 6.07) is 1.62. The molecule has 2 rings (SSSR count). The standard InChI is InChI=1S/C12H14ClN3O3/c1-17-8-4-7(13)10(18-2)9(11(8)19-3)6-5-15-16-12(6)14/h4-5H,1-3H3,(H3,14,15,16). The number of hydrogen-bond acceptors (Lipinski definition) is 5. The number of rotatable bonds is 4. The number of nitrogen functional groups attached to an aromatic ring is 1. The number of nitrogens with zero attached hydrogens (tertiary/aromatic N) is 1. The number of aromatic nitrogens is 2. The Kier molecular flexibility index (Phi) is 3.71. The average Bonchev–Trinajstić information content (AvgIpc) is 2.83. The van der Waals surface area contributed by atoms with Gasteiger partial charge in [0.2, 0.25) is 0 Å². The Bertz CT molecular complexity index is 598. The third kappa shape index (κ3) is 2.15. The smallest absolute Gasteiger partial charge is 0.172 e. The van der Waals surface area contributed by atoms with Crippen molar-refractivity contribution in [3.63, 3.8) is 0 Å². The predicted octanol–water partition coefficient (Wildman–Crippen LogP) is 2.34. The van der Waals surface area contributed by atoms with E-state index in [2.05, 4.69) is 10.2 Å². The number of benzene rings is 1. The van der Waals surface area contributed by atoms with Gasteiger partial charge in [0.05, 0.1) is 43.7 Å². The summed E-state index contributed by atoms with van der Waals surface area (Å²) >= 11 is 6.18. The van der Waals surface area contributed by atoms with Crippen molar-refractivity contribution in [2.24, 2.45) is 0 Å². The monoisotopic (exact) mass is 283 g/mol. The van der Waals surface area contributed by atoms with Gasteiger partial charge in [-0.05, 0) is 0 Å². The number of aromatic amines is 1. The molecule has 0 saturated carbocycles. The van der Waals surface area contributed by atoms with Crippen molar-refractivity contribution in [3.05, 3.63) is 17.3 Å². The van der Waals surface area contributed by atoms with Crippen molar-refractivity contribution in [2.75, 3.05) is 27.1 Å². The summed E-state index contributed by atoms with van der Waals surface area (Å²) in [5.41, 5.74) is 7.08. The van der Waals surface area contributed by atoms with E-state index in [1.54, 1.807) is 12.3 Å². The molecule has 0 unspecified atom stereocenters. The van der Waals surface area contributed by atoms with Crippen LogP contribution in [0.5, 0.6) is 17.2 Å². The van der Waals surface area contributed by atoms with Crippen LogP contribution in [0.3, 0.4) is 0 Å². The molecular weight excluding hydrogens is 270 g/mol. The van der Waals surface area contributed by atoms with Gasteiger partial charge in [-0.1, -0.05) is 11.6 Å². The fourth-order valence-electron chi connectivity index (χ4n) is 1.89. The Morgan fingerprint density at radius 1 is 1.16 bits per heavy atom. The molecule has 0 aliphatic heterocycles. The van der Waals surface area contributed by atoms with Crippen LogP contribution in [0.15, 0.2) is 12.3 Å². The van der Waals surface area contributed by atoms with Crippen LogP contribution in [0.4, 0.5) is 5.82 Å². The molecule has 0 aliphatic rings. The Balaban J connectivity index is 2.82. The van der Waals surface area contributed by atoms with Crippen LogP contribution in [-0.4, -0.2) is 31.5 Å². The molecule has 0 radical (unpaired) electrons. The fourth-order valence-corrected chi connectivity index (χ4v) is 2.16. The number of halogens is 1. The zero-order chi connectivity index (χ0) is 14.0. The van der Waals surface area contributed by atoms with Gasteiger partial charge in [-0.2, -0.15) is 5.10 Å². The molecule has 102 valence electrons. The van der Waals surface area contributed by atoms with Crippen LogP contribution >= 0.6 is 11.6 Å². The topological polar surface area (TPSA) is 82.4 Å². The largest absolute Gasteiger partial charge is 0.494 e. The molecule has 0 aliphatic carbocycles. The maximum atomic E-state index is 6.18. The Labute approximate surface area is 115 Å². The van der Waals surface area contributed by atoms with Gasteiger partial charge in [0.25, 0.3) is 0 Å². The van der Waals surface area contributed by atoms with E-state index >= 15 is 0 Å². The van der Waals surface area contributed by atoms with E-state index in [4.69, 9.17) is 31.5 Å². The number of H-pyrrole nitrogens is 1. The lowest BCUT2D eigenvalue weighted by atomic mass is 10.1. The van der Waals surface area contributed by atoms with Crippen LogP contribution in [0.1, 0.15) is 0 Å². The molecule has 3 N–H and O–H groups in total. The van der Waals surface area contributed by atoms with Crippen LogP contribution in [0.25, 0.3) is 11.1 Å². The lowest BCUT2D eigenvalue weighted by molar-refractivity contribution is 0.351. The molecule has 0 spiro atoms. The maximum Gasteiger partial charge on any atom is 0.172 e. The van der Waals surface area contributed by atoms with E-state index in [0.717, 1.165) is 0 Å². The Hall–Kier alpha value is -2.08. The summed E-state index contributed by atoms with van der Waals surface area (Å²) in [6.07, 6.45) is 1.57. The molecular formula is C12H14ClN3O3. The molecule has 6 nitrogen and oxygen atoms in total. The van der Waals surface area contributed by atoms with Gasteiger partial charge in [0, 0.05) is 6.07 Å². The van der Waals surface area contributed by atoms with Gasteiger partial charge in [0.1, 0.15) is 11.6 Å². The molecule has 0 bridgehead atoms. The van der Waals surface area contributed by atoms with E-state index in [-0.39, 0.29) is 0 Å². The second-order valence-corrected chi connectivity index (χ2v) is 4.11. The molecule has 19 heavy (non-hydrogen) atoms. The van der Waals surface area contributed by atoms with Gasteiger partial charge in [-0.25, -0.2) is 0 Å². The van der Waals surface area contributed by atoms with Crippen LogP contribution in [-0.2, 0) is 0 Å². The lowest BCUT2D eigenvalue weighted by Crippen LogP contribution is -1.98. The van der Waals surface area contributed by atoms with E-state index in [1.165, 1.54) is 21.3 Å². The highest BCUT2D eigenvalue weighted by molar-refractivity contribution is 6.33. The molecule has 0 atom stereocenters. The summed E-state index contributed by atoms with van der Waals surface area (Å²) in [6.45, 7) is 0. The first-order valence-corrected chi connectivity index (χ1v) is 5.79. The second kappa shape index (κ2) is 5.27. The summed E-state index contributed by atoms with van der Waals surface area (Å²) in [7, 11) is 4.58. The van der Waals surface area contributed by atoms with Gasteiger partial charge in [0.15, 0.2) is 11.5 Å². The molecule has 0 saturated heterocycles. The second-order valence-electron chi connectivity index (χ2n) is 3.70. The Morgan fingerprint density at radius 2 is 1.84 bits per heavy atom. The van der Waals surface area contributed by atoms with Crippen LogP contribution in [0, 0.1) is 0 Å². The molecule has 1 aromatic heterocycles. The summed E-state index contributed by atoms with van der Waals surface area (Å²) < 4.78 is 16.0. The number of nitrogens with one attached hydrogen (secondary N) is 1. The van der Waals surface area contributed by atoms with Crippen molar-refractivity contribution < 1.29 is 14.2 Å². The minimum absolute atomic E-state index is 0.390. The Morgan fingerprint density at radius 3 is 2.32 bits per heavy atom. The molecule has 1 aromatic carbocycles. The van der Waals surface area contributed by atoms with Gasteiger partial charge >= 0.3 is 0 Å². The van der Waals surface area contributed by atoms with Crippen LogP contribution in [0.2, 0.25) is 5.02 Å². The van der Waals surface area contributed by atoms with Crippen molar-refractivity contribution in [2.45, 2.75) is 0 Å². The zero-order valence-electron chi connectivity index (χ0n) is 10.8. The van der Waals surface area contributed by atoms with Gasteiger partial charge < -0.3 is 19.9 Å². The van der Waals surface area contributed by atoms with Crippen LogP contribution < -0.4 is 19.9 Å². The van der Waals surface area contributed by atoms with Crippen molar-refractivity contribution >= 4 is 17.4 Å². The first-order valence-electron chi connectivity index (χ1n) is 5.41. The molecule has 7 heteroatoms.